The van der Waals surface area contributed by atoms with Crippen molar-refractivity contribution in [1.82, 2.24) is 9.78 Å². The van der Waals surface area contributed by atoms with E-state index in [4.69, 9.17) is 4.74 Å². The number of rotatable bonds is 2. The first-order valence-electron chi connectivity index (χ1n) is 5.10. The minimum Gasteiger partial charge on any atom is -0.505 e. The highest BCUT2D eigenvalue weighted by Crippen LogP contribution is 2.22. The Kier molecular flexibility index (Phi) is 2.99. The maximum absolute atomic E-state index is 11.9. The molecule has 0 spiro atoms. The van der Waals surface area contributed by atoms with Gasteiger partial charge in [0.1, 0.15) is 5.60 Å². The molecule has 0 saturated heterocycles. The van der Waals surface area contributed by atoms with Gasteiger partial charge in [0.2, 0.25) is 0 Å². The van der Waals surface area contributed by atoms with Crippen LogP contribution in [0, 0.1) is 0 Å². The molecule has 5 heteroatoms. The summed E-state index contributed by atoms with van der Waals surface area (Å²) in [6.45, 7) is 8.80. The molecule has 1 N–H and O–H groups in total. The minimum absolute atomic E-state index is 0.0247. The smallest absolute Gasteiger partial charge is 0.334 e. The van der Waals surface area contributed by atoms with Gasteiger partial charge in [-0.05, 0) is 34.6 Å². The Morgan fingerprint density at radius 3 is 2.31 bits per heavy atom. The number of aromatic hydroxyl groups is 1. The third-order valence-electron chi connectivity index (χ3n) is 2.04. The van der Waals surface area contributed by atoms with Gasteiger partial charge in [-0.25, -0.2) is 4.79 Å². The van der Waals surface area contributed by atoms with Crippen LogP contribution < -0.4 is 0 Å². The van der Waals surface area contributed by atoms with Crippen LogP contribution in [0.3, 0.4) is 0 Å². The van der Waals surface area contributed by atoms with E-state index < -0.39 is 11.1 Å². The molecule has 0 bridgehead atoms. The quantitative estimate of drug-likeness (QED) is 0.779. The lowest BCUT2D eigenvalue weighted by molar-refractivity contribution is -0.164. The summed E-state index contributed by atoms with van der Waals surface area (Å²) in [5.74, 6) is -0.361. The SMILES string of the molecule is CC(C)(C)OC(=O)C(C)(C)n1cc(O)cn1. The molecule has 0 atom stereocenters. The summed E-state index contributed by atoms with van der Waals surface area (Å²) >= 11 is 0. The summed E-state index contributed by atoms with van der Waals surface area (Å²) in [5.41, 5.74) is -1.47. The fourth-order valence-electron chi connectivity index (χ4n) is 1.12. The van der Waals surface area contributed by atoms with Crippen LogP contribution >= 0.6 is 0 Å². The maximum Gasteiger partial charge on any atom is 0.334 e. The lowest BCUT2D eigenvalue weighted by Gasteiger charge is -2.28. The molecule has 5 nitrogen and oxygen atoms in total. The van der Waals surface area contributed by atoms with Gasteiger partial charge in [0.05, 0.1) is 12.4 Å². The summed E-state index contributed by atoms with van der Waals surface area (Å²) in [6.07, 6.45) is 2.68. The monoisotopic (exact) mass is 226 g/mol. The van der Waals surface area contributed by atoms with Gasteiger partial charge in [-0.2, -0.15) is 5.10 Å². The highest BCUT2D eigenvalue weighted by Gasteiger charge is 2.35. The van der Waals surface area contributed by atoms with E-state index in [9.17, 15) is 9.90 Å². The van der Waals surface area contributed by atoms with Crippen molar-refractivity contribution in [2.75, 3.05) is 0 Å². The van der Waals surface area contributed by atoms with E-state index in [2.05, 4.69) is 5.10 Å². The average molecular weight is 226 g/mol. The number of hydrogen-bond acceptors (Lipinski definition) is 4. The van der Waals surface area contributed by atoms with Crippen molar-refractivity contribution >= 4 is 5.97 Å². The van der Waals surface area contributed by atoms with Crippen molar-refractivity contribution in [2.24, 2.45) is 0 Å². The molecule has 0 unspecified atom stereocenters. The Morgan fingerprint density at radius 1 is 1.38 bits per heavy atom. The fourth-order valence-corrected chi connectivity index (χ4v) is 1.12. The van der Waals surface area contributed by atoms with Crippen molar-refractivity contribution in [2.45, 2.75) is 45.8 Å². The molecule has 16 heavy (non-hydrogen) atoms. The fraction of sp³-hybridized carbons (Fsp3) is 0.636. The number of ether oxygens (including phenoxy) is 1. The van der Waals surface area contributed by atoms with Crippen molar-refractivity contribution in [3.8, 4) is 5.75 Å². The summed E-state index contributed by atoms with van der Waals surface area (Å²) in [5, 5.41) is 13.1. The topological polar surface area (TPSA) is 64.3 Å². The van der Waals surface area contributed by atoms with E-state index >= 15 is 0 Å². The van der Waals surface area contributed by atoms with Crippen molar-refractivity contribution in [1.29, 1.82) is 0 Å². The van der Waals surface area contributed by atoms with Crippen molar-refractivity contribution in [3.05, 3.63) is 12.4 Å². The highest BCUT2D eigenvalue weighted by atomic mass is 16.6. The number of hydrogen-bond donors (Lipinski definition) is 1. The zero-order valence-electron chi connectivity index (χ0n) is 10.3. The minimum atomic E-state index is -0.936. The van der Waals surface area contributed by atoms with Crippen LogP contribution in [0.25, 0.3) is 0 Å². The van der Waals surface area contributed by atoms with Gasteiger partial charge in [0, 0.05) is 0 Å². The van der Waals surface area contributed by atoms with Gasteiger partial charge < -0.3 is 9.84 Å². The molecule has 0 aliphatic rings. The van der Waals surface area contributed by atoms with E-state index in [-0.39, 0.29) is 11.7 Å². The third-order valence-corrected chi connectivity index (χ3v) is 2.04. The van der Waals surface area contributed by atoms with Crippen LogP contribution in [-0.2, 0) is 15.1 Å². The maximum atomic E-state index is 11.9. The van der Waals surface area contributed by atoms with Gasteiger partial charge in [0.15, 0.2) is 11.3 Å². The number of esters is 1. The Balaban J connectivity index is 2.90. The van der Waals surface area contributed by atoms with E-state index in [1.54, 1.807) is 13.8 Å². The zero-order valence-corrected chi connectivity index (χ0v) is 10.3. The molecule has 1 aromatic heterocycles. The zero-order chi connectivity index (χ0) is 12.6. The molecule has 0 amide bonds. The van der Waals surface area contributed by atoms with Crippen molar-refractivity contribution < 1.29 is 14.6 Å². The Bertz CT molecular complexity index is 388. The number of nitrogens with zero attached hydrogens (tertiary/aromatic N) is 2. The molecule has 1 aromatic rings. The Hall–Kier alpha value is -1.52. The van der Waals surface area contributed by atoms with Gasteiger partial charge >= 0.3 is 5.97 Å². The van der Waals surface area contributed by atoms with E-state index in [1.807, 2.05) is 20.8 Å². The number of carbonyl (C=O) groups is 1. The van der Waals surface area contributed by atoms with E-state index in [1.165, 1.54) is 17.1 Å². The summed E-state index contributed by atoms with van der Waals surface area (Å²) in [4.78, 5) is 11.9. The standard InChI is InChI=1S/C11H18N2O3/c1-10(2,3)16-9(15)11(4,5)13-7-8(14)6-12-13/h6-7,14H,1-5H3. The summed E-state index contributed by atoms with van der Waals surface area (Å²) in [7, 11) is 0. The van der Waals surface area contributed by atoms with Gasteiger partial charge in [0.25, 0.3) is 0 Å². The van der Waals surface area contributed by atoms with E-state index in [0.717, 1.165) is 0 Å². The Morgan fingerprint density at radius 2 is 1.94 bits per heavy atom. The average Bonchev–Trinajstić information content (AvgIpc) is 2.48. The predicted octanol–water partition coefficient (Wildman–Crippen LogP) is 1.67. The van der Waals surface area contributed by atoms with Crippen molar-refractivity contribution in [3.63, 3.8) is 0 Å². The van der Waals surface area contributed by atoms with Gasteiger partial charge in [-0.1, -0.05) is 0 Å². The molecule has 0 saturated carbocycles. The number of aromatic nitrogens is 2. The van der Waals surface area contributed by atoms with Crippen LogP contribution in [0.1, 0.15) is 34.6 Å². The molecule has 0 aliphatic heterocycles. The molecule has 0 aromatic carbocycles. The lowest BCUT2D eigenvalue weighted by Crippen LogP contribution is -2.41. The first-order valence-corrected chi connectivity index (χ1v) is 5.10. The summed E-state index contributed by atoms with van der Waals surface area (Å²) < 4.78 is 6.67. The van der Waals surface area contributed by atoms with Gasteiger partial charge in [-0.15, -0.1) is 0 Å². The molecular formula is C11H18N2O3. The molecular weight excluding hydrogens is 208 g/mol. The molecule has 90 valence electrons. The van der Waals surface area contributed by atoms with Crippen LogP contribution in [0.15, 0.2) is 12.4 Å². The van der Waals surface area contributed by atoms with Crippen LogP contribution in [-0.4, -0.2) is 26.5 Å². The molecule has 1 heterocycles. The Labute approximate surface area is 95.0 Å². The first-order chi connectivity index (χ1) is 7.13. The second kappa shape index (κ2) is 3.81. The normalized spacial score (nSPS) is 12.6. The first kappa shape index (κ1) is 12.5. The molecule has 0 radical (unpaired) electrons. The number of carbonyl (C=O) groups excluding carboxylic acids is 1. The third kappa shape index (κ3) is 2.74. The lowest BCUT2D eigenvalue weighted by atomic mass is 10.1. The molecule has 0 fully saturated rings. The van der Waals surface area contributed by atoms with E-state index in [0.29, 0.717) is 0 Å². The molecule has 0 aliphatic carbocycles. The van der Waals surface area contributed by atoms with Crippen LogP contribution in [0.5, 0.6) is 5.75 Å². The predicted molar refractivity (Wildman–Crippen MR) is 59.1 cm³/mol. The largest absolute Gasteiger partial charge is 0.505 e. The summed E-state index contributed by atoms with van der Waals surface area (Å²) in [6, 6.07) is 0. The van der Waals surface area contributed by atoms with Crippen LogP contribution in [0.2, 0.25) is 0 Å². The van der Waals surface area contributed by atoms with Crippen LogP contribution in [0.4, 0.5) is 0 Å². The second-order valence-corrected chi connectivity index (χ2v) is 5.20. The molecule has 1 rings (SSSR count). The highest BCUT2D eigenvalue weighted by molar-refractivity contribution is 5.78. The second-order valence-electron chi connectivity index (χ2n) is 5.20. The van der Waals surface area contributed by atoms with Gasteiger partial charge in [-0.3, -0.25) is 4.68 Å².